The summed E-state index contributed by atoms with van der Waals surface area (Å²) in [6.07, 6.45) is 7.58. The highest BCUT2D eigenvalue weighted by Crippen LogP contribution is 2.32. The summed E-state index contributed by atoms with van der Waals surface area (Å²) in [6, 6.07) is 2.50. The number of rotatable bonds is 4. The zero-order chi connectivity index (χ0) is 14.8. The number of piperidine rings is 1. The van der Waals surface area contributed by atoms with Crippen molar-refractivity contribution in [3.63, 3.8) is 0 Å². The van der Waals surface area contributed by atoms with Crippen LogP contribution in [-0.2, 0) is 12.8 Å². The van der Waals surface area contributed by atoms with Gasteiger partial charge in [0.15, 0.2) is 0 Å². The van der Waals surface area contributed by atoms with Gasteiger partial charge in [0.05, 0.1) is 5.56 Å². The molecule has 2 aliphatic rings. The van der Waals surface area contributed by atoms with Crippen LogP contribution in [0.25, 0.3) is 0 Å². The minimum atomic E-state index is 0.217. The van der Waals surface area contributed by atoms with Crippen molar-refractivity contribution in [1.29, 1.82) is 0 Å². The van der Waals surface area contributed by atoms with Crippen molar-refractivity contribution < 1.29 is 5.11 Å². The number of aryl methyl sites for hydroxylation is 2. The second-order valence-corrected chi connectivity index (χ2v) is 6.48. The van der Waals surface area contributed by atoms with Crippen LogP contribution in [0.4, 0.5) is 5.82 Å². The van der Waals surface area contributed by atoms with Gasteiger partial charge in [-0.2, -0.15) is 0 Å². The zero-order valence-electron chi connectivity index (χ0n) is 12.3. The van der Waals surface area contributed by atoms with E-state index in [0.717, 1.165) is 50.0 Å². The summed E-state index contributed by atoms with van der Waals surface area (Å²) in [4.78, 5) is 7.66. The predicted molar refractivity (Wildman–Crippen MR) is 88.8 cm³/mol. The first-order valence-electron chi connectivity index (χ1n) is 7.91. The van der Waals surface area contributed by atoms with Crippen LogP contribution < -0.4 is 10.6 Å². The Labute approximate surface area is 131 Å². The van der Waals surface area contributed by atoms with Gasteiger partial charge in [0.2, 0.25) is 0 Å². The minimum absolute atomic E-state index is 0.217. The fourth-order valence-corrected chi connectivity index (χ4v) is 3.74. The summed E-state index contributed by atoms with van der Waals surface area (Å²) < 4.78 is 0. The molecule has 1 unspecified atom stereocenters. The Balaban J connectivity index is 2.00. The normalized spacial score (nSPS) is 21.4. The van der Waals surface area contributed by atoms with Crippen molar-refractivity contribution in [2.75, 3.05) is 18.1 Å². The van der Waals surface area contributed by atoms with Crippen molar-refractivity contribution in [3.8, 4) is 0 Å². The average molecular weight is 305 g/mol. The summed E-state index contributed by atoms with van der Waals surface area (Å²) in [6.45, 7) is 1.20. The lowest BCUT2D eigenvalue weighted by Gasteiger charge is -2.37. The number of fused-ring (bicyclic) bond motifs is 1. The topological polar surface area (TPSA) is 62.4 Å². The molecule has 114 valence electrons. The third-order valence-electron chi connectivity index (χ3n) is 4.66. The lowest BCUT2D eigenvalue weighted by molar-refractivity contribution is 0.262. The molecule has 0 bridgehead atoms. The lowest BCUT2D eigenvalue weighted by atomic mass is 9.98. The number of aliphatic hydroxyl groups is 1. The number of nitrogens with two attached hydrogens (primary N) is 1. The van der Waals surface area contributed by atoms with E-state index in [1.165, 1.54) is 24.1 Å². The van der Waals surface area contributed by atoms with Gasteiger partial charge in [0.25, 0.3) is 0 Å². The minimum Gasteiger partial charge on any atom is -0.396 e. The molecule has 3 N–H and O–H groups in total. The molecule has 0 amide bonds. The Morgan fingerprint density at radius 2 is 2.24 bits per heavy atom. The van der Waals surface area contributed by atoms with E-state index < -0.39 is 0 Å². The largest absolute Gasteiger partial charge is 0.396 e. The molecule has 1 aromatic rings. The second-order valence-electron chi connectivity index (χ2n) is 6.04. The molecule has 1 aromatic heterocycles. The molecule has 4 nitrogen and oxygen atoms in total. The molecule has 0 saturated carbocycles. The van der Waals surface area contributed by atoms with E-state index in [1.54, 1.807) is 0 Å². The average Bonchev–Trinajstić information content (AvgIpc) is 2.94. The number of anilines is 1. The molecule has 0 spiro atoms. The number of hydrogen-bond acceptors (Lipinski definition) is 4. The van der Waals surface area contributed by atoms with E-state index in [1.807, 2.05) is 0 Å². The molecular formula is C16H23N3OS. The van der Waals surface area contributed by atoms with Gasteiger partial charge in [-0.25, -0.2) is 4.98 Å². The molecule has 3 rings (SSSR count). The smallest absolute Gasteiger partial charge is 0.139 e. The molecule has 0 aromatic carbocycles. The molecule has 2 heterocycles. The molecule has 0 radical (unpaired) electrons. The van der Waals surface area contributed by atoms with Gasteiger partial charge in [-0.05, 0) is 56.6 Å². The van der Waals surface area contributed by atoms with E-state index in [2.05, 4.69) is 11.0 Å². The Bertz CT molecular complexity index is 545. The number of aliphatic hydroxyl groups excluding tert-OH is 1. The Morgan fingerprint density at radius 1 is 1.38 bits per heavy atom. The SMILES string of the molecule is NC(=S)c1cc2c(nc1N1CCCCC1CCO)CCC2. The van der Waals surface area contributed by atoms with Gasteiger partial charge in [-0.1, -0.05) is 12.2 Å². The summed E-state index contributed by atoms with van der Waals surface area (Å²) in [5.74, 6) is 0.946. The molecule has 1 atom stereocenters. The first kappa shape index (κ1) is 14.7. The highest BCUT2D eigenvalue weighted by molar-refractivity contribution is 7.80. The van der Waals surface area contributed by atoms with E-state index >= 15 is 0 Å². The van der Waals surface area contributed by atoms with Crippen LogP contribution in [0.2, 0.25) is 0 Å². The maximum Gasteiger partial charge on any atom is 0.139 e. The van der Waals surface area contributed by atoms with Crippen LogP contribution in [0.1, 0.15) is 48.9 Å². The molecule has 21 heavy (non-hydrogen) atoms. The van der Waals surface area contributed by atoms with Crippen LogP contribution in [-0.4, -0.2) is 34.3 Å². The number of thiocarbonyl (C=S) groups is 1. The molecule has 5 heteroatoms. The van der Waals surface area contributed by atoms with Gasteiger partial charge in [-0.3, -0.25) is 0 Å². The monoisotopic (exact) mass is 305 g/mol. The first-order valence-corrected chi connectivity index (χ1v) is 8.31. The Hall–Kier alpha value is -1.20. The molecular weight excluding hydrogens is 282 g/mol. The fourth-order valence-electron chi connectivity index (χ4n) is 3.59. The van der Waals surface area contributed by atoms with Crippen LogP contribution in [0.5, 0.6) is 0 Å². The summed E-state index contributed by atoms with van der Waals surface area (Å²) in [5, 5.41) is 9.32. The number of nitrogens with zero attached hydrogens (tertiary/aromatic N) is 2. The quantitative estimate of drug-likeness (QED) is 0.833. The van der Waals surface area contributed by atoms with E-state index in [-0.39, 0.29) is 6.61 Å². The number of pyridine rings is 1. The van der Waals surface area contributed by atoms with Crippen LogP contribution in [0.15, 0.2) is 6.07 Å². The molecule has 1 aliphatic carbocycles. The van der Waals surface area contributed by atoms with Gasteiger partial charge in [-0.15, -0.1) is 0 Å². The Morgan fingerprint density at radius 3 is 3.00 bits per heavy atom. The number of hydrogen-bond donors (Lipinski definition) is 2. The Kier molecular flexibility index (Phi) is 4.40. The van der Waals surface area contributed by atoms with Crippen LogP contribution >= 0.6 is 12.2 Å². The molecule has 1 saturated heterocycles. The third-order valence-corrected chi connectivity index (χ3v) is 4.88. The van der Waals surface area contributed by atoms with Crippen LogP contribution in [0, 0.1) is 0 Å². The van der Waals surface area contributed by atoms with Gasteiger partial charge < -0.3 is 15.7 Å². The third kappa shape index (κ3) is 2.90. The molecule has 1 aliphatic heterocycles. The lowest BCUT2D eigenvalue weighted by Crippen LogP contribution is -2.42. The second kappa shape index (κ2) is 6.28. The fraction of sp³-hybridized carbons (Fsp3) is 0.625. The van der Waals surface area contributed by atoms with Crippen molar-refractivity contribution in [1.82, 2.24) is 4.98 Å². The van der Waals surface area contributed by atoms with Gasteiger partial charge in [0.1, 0.15) is 10.8 Å². The standard InChI is InChI=1S/C16H23N3OS/c17-15(21)13-10-11-4-3-6-14(11)18-16(13)19-8-2-1-5-12(19)7-9-20/h10,12,20H,1-9H2,(H2,17,21). The van der Waals surface area contributed by atoms with E-state index in [4.69, 9.17) is 22.9 Å². The highest BCUT2D eigenvalue weighted by atomic mass is 32.1. The van der Waals surface area contributed by atoms with Crippen molar-refractivity contribution in [2.24, 2.45) is 5.73 Å². The maximum atomic E-state index is 9.32. The predicted octanol–water partition coefficient (Wildman–Crippen LogP) is 1.95. The van der Waals surface area contributed by atoms with Crippen molar-refractivity contribution >= 4 is 23.0 Å². The van der Waals surface area contributed by atoms with Crippen molar-refractivity contribution in [3.05, 3.63) is 22.9 Å². The summed E-state index contributed by atoms with van der Waals surface area (Å²) in [5.41, 5.74) is 9.37. The molecule has 1 fully saturated rings. The van der Waals surface area contributed by atoms with Crippen molar-refractivity contribution in [2.45, 2.75) is 51.0 Å². The number of aromatic nitrogens is 1. The van der Waals surface area contributed by atoms with E-state index in [9.17, 15) is 5.11 Å². The van der Waals surface area contributed by atoms with Gasteiger partial charge >= 0.3 is 0 Å². The summed E-state index contributed by atoms with van der Waals surface area (Å²) in [7, 11) is 0. The summed E-state index contributed by atoms with van der Waals surface area (Å²) >= 11 is 5.26. The van der Waals surface area contributed by atoms with Gasteiger partial charge in [0, 0.05) is 24.9 Å². The maximum absolute atomic E-state index is 9.32. The highest BCUT2D eigenvalue weighted by Gasteiger charge is 2.27. The zero-order valence-corrected chi connectivity index (χ0v) is 13.2. The first-order chi connectivity index (χ1) is 10.2. The van der Waals surface area contributed by atoms with Crippen LogP contribution in [0.3, 0.4) is 0 Å². The van der Waals surface area contributed by atoms with E-state index in [0.29, 0.717) is 11.0 Å².